The third kappa shape index (κ3) is 6.48. The molecular formula is C31H24N4O6S. The summed E-state index contributed by atoms with van der Waals surface area (Å²) in [6.07, 6.45) is 2.90. The molecule has 4 aromatic rings. The fourth-order valence-electron chi connectivity index (χ4n) is 4.18. The van der Waals surface area contributed by atoms with Gasteiger partial charge in [-0.1, -0.05) is 18.2 Å². The lowest BCUT2D eigenvalue weighted by Crippen LogP contribution is -2.31. The van der Waals surface area contributed by atoms with Gasteiger partial charge >= 0.3 is 0 Å². The lowest BCUT2D eigenvalue weighted by Gasteiger charge is -2.15. The van der Waals surface area contributed by atoms with Crippen LogP contribution in [0.25, 0.3) is 6.08 Å². The Balaban J connectivity index is 1.24. The number of primary amides is 1. The van der Waals surface area contributed by atoms with Crippen LogP contribution in [0.1, 0.15) is 32.9 Å². The molecule has 210 valence electrons. The molecule has 4 N–H and O–H groups in total. The van der Waals surface area contributed by atoms with Crippen molar-refractivity contribution in [3.8, 4) is 0 Å². The maximum absolute atomic E-state index is 13.1. The van der Waals surface area contributed by atoms with Crippen LogP contribution in [-0.2, 0) is 14.4 Å². The molecule has 1 aliphatic rings. The Bertz CT molecular complexity index is 1670. The van der Waals surface area contributed by atoms with Crippen LogP contribution in [0.3, 0.4) is 0 Å². The van der Waals surface area contributed by atoms with Gasteiger partial charge in [0.25, 0.3) is 11.8 Å². The van der Waals surface area contributed by atoms with Gasteiger partial charge in [0.2, 0.25) is 17.7 Å². The molecule has 0 spiro atoms. The number of carbonyl (C=O) groups is 5. The third-order valence-electron chi connectivity index (χ3n) is 6.26. The summed E-state index contributed by atoms with van der Waals surface area (Å²) in [4.78, 5) is 64.6. The molecule has 1 fully saturated rings. The number of imide groups is 1. The van der Waals surface area contributed by atoms with Crippen LogP contribution in [0.5, 0.6) is 0 Å². The van der Waals surface area contributed by atoms with E-state index in [2.05, 4.69) is 10.6 Å². The highest BCUT2D eigenvalue weighted by molar-refractivity contribution is 8.00. The highest BCUT2D eigenvalue weighted by Crippen LogP contribution is 2.34. The molecule has 2 heterocycles. The summed E-state index contributed by atoms with van der Waals surface area (Å²) in [6, 6.07) is 24.5. The van der Waals surface area contributed by atoms with Crippen LogP contribution in [-0.4, -0.2) is 34.8 Å². The summed E-state index contributed by atoms with van der Waals surface area (Å²) < 4.78 is 5.31. The van der Waals surface area contributed by atoms with Crippen molar-refractivity contribution in [1.82, 2.24) is 5.32 Å². The zero-order valence-corrected chi connectivity index (χ0v) is 22.8. The molecule has 5 rings (SSSR count). The second-order valence-corrected chi connectivity index (χ2v) is 10.4. The second kappa shape index (κ2) is 12.4. The summed E-state index contributed by atoms with van der Waals surface area (Å²) >= 11 is 1.23. The van der Waals surface area contributed by atoms with Crippen LogP contribution >= 0.6 is 11.8 Å². The lowest BCUT2D eigenvalue weighted by molar-refractivity contribution is -0.121. The summed E-state index contributed by atoms with van der Waals surface area (Å²) in [7, 11) is 0. The van der Waals surface area contributed by atoms with E-state index in [1.807, 2.05) is 0 Å². The van der Waals surface area contributed by atoms with Gasteiger partial charge in [0.05, 0.1) is 17.2 Å². The van der Waals surface area contributed by atoms with Crippen LogP contribution in [0.4, 0.5) is 11.4 Å². The van der Waals surface area contributed by atoms with Gasteiger partial charge in [-0.05, 0) is 72.8 Å². The Morgan fingerprint density at radius 1 is 0.881 bits per heavy atom. The highest BCUT2D eigenvalue weighted by atomic mass is 32.2. The number of nitrogens with one attached hydrogen (secondary N) is 2. The molecule has 42 heavy (non-hydrogen) atoms. The first-order valence-corrected chi connectivity index (χ1v) is 13.6. The van der Waals surface area contributed by atoms with E-state index in [0.717, 1.165) is 4.90 Å². The second-order valence-electron chi connectivity index (χ2n) is 9.16. The number of benzene rings is 3. The number of hydrogen-bond donors (Lipinski definition) is 3. The number of carbonyl (C=O) groups excluding carboxylic acids is 5. The van der Waals surface area contributed by atoms with Crippen molar-refractivity contribution < 1.29 is 28.4 Å². The van der Waals surface area contributed by atoms with Crippen molar-refractivity contribution in [2.45, 2.75) is 16.6 Å². The summed E-state index contributed by atoms with van der Waals surface area (Å²) in [5, 5.41) is 4.75. The van der Waals surface area contributed by atoms with E-state index in [4.69, 9.17) is 10.2 Å². The Kier molecular flexibility index (Phi) is 8.30. The van der Waals surface area contributed by atoms with E-state index in [-0.39, 0.29) is 29.5 Å². The monoisotopic (exact) mass is 580 g/mol. The molecular weight excluding hydrogens is 556 g/mol. The van der Waals surface area contributed by atoms with Gasteiger partial charge in [-0.15, -0.1) is 11.8 Å². The molecule has 0 bridgehead atoms. The number of rotatable bonds is 9. The minimum atomic E-state index is -0.634. The van der Waals surface area contributed by atoms with Crippen molar-refractivity contribution >= 4 is 58.7 Å². The zero-order valence-electron chi connectivity index (χ0n) is 22.0. The standard InChI is InChI=1S/C31H24N4O6S/c32-28(37)19-8-12-22(13-9-19)35-27(36)18-26(31(35)40)42-24-14-10-21(11-15-24)33-30(39)25(17-23-7-4-16-41-23)34-29(38)20-5-2-1-3-6-20/h1-17,26H,18H2,(H2,32,37)(H,33,39)(H,34,38)/b25-17-. The van der Waals surface area contributed by atoms with Gasteiger partial charge in [0, 0.05) is 34.2 Å². The van der Waals surface area contributed by atoms with Gasteiger partial charge in [0.15, 0.2) is 0 Å². The molecule has 0 radical (unpaired) electrons. The Hall–Kier alpha value is -5.42. The number of amides is 5. The summed E-state index contributed by atoms with van der Waals surface area (Å²) in [5.74, 6) is -1.95. The van der Waals surface area contributed by atoms with E-state index in [1.165, 1.54) is 48.4 Å². The maximum Gasteiger partial charge on any atom is 0.272 e. The van der Waals surface area contributed by atoms with Crippen LogP contribution < -0.4 is 21.3 Å². The Morgan fingerprint density at radius 3 is 2.24 bits per heavy atom. The first-order valence-electron chi connectivity index (χ1n) is 12.7. The lowest BCUT2D eigenvalue weighted by atomic mass is 10.2. The van der Waals surface area contributed by atoms with Crippen molar-refractivity contribution in [3.05, 3.63) is 120 Å². The number of nitrogens with two attached hydrogens (primary N) is 1. The van der Waals surface area contributed by atoms with E-state index >= 15 is 0 Å². The molecule has 1 aliphatic heterocycles. The minimum absolute atomic E-state index is 0.0155. The quantitative estimate of drug-likeness (QED) is 0.198. The van der Waals surface area contributed by atoms with Gasteiger partial charge in [0.1, 0.15) is 11.5 Å². The molecule has 10 nitrogen and oxygen atoms in total. The Morgan fingerprint density at radius 2 is 1.60 bits per heavy atom. The predicted octanol–water partition coefficient (Wildman–Crippen LogP) is 4.21. The number of hydrogen-bond acceptors (Lipinski definition) is 7. The fraction of sp³-hybridized carbons (Fsp3) is 0.0645. The summed E-state index contributed by atoms with van der Waals surface area (Å²) in [6.45, 7) is 0. The van der Waals surface area contributed by atoms with Crippen LogP contribution in [0, 0.1) is 0 Å². The maximum atomic E-state index is 13.1. The normalized spacial score (nSPS) is 15.0. The average Bonchev–Trinajstić information content (AvgIpc) is 3.61. The smallest absolute Gasteiger partial charge is 0.272 e. The third-order valence-corrected chi connectivity index (χ3v) is 7.46. The number of thioether (sulfide) groups is 1. The van der Waals surface area contributed by atoms with Crippen LogP contribution in [0.2, 0.25) is 0 Å². The predicted molar refractivity (Wildman–Crippen MR) is 157 cm³/mol. The largest absolute Gasteiger partial charge is 0.465 e. The zero-order chi connectivity index (χ0) is 29.6. The van der Waals surface area contributed by atoms with E-state index < -0.39 is 23.0 Å². The van der Waals surface area contributed by atoms with Gasteiger partial charge in [-0.3, -0.25) is 24.0 Å². The molecule has 1 saturated heterocycles. The topological polar surface area (TPSA) is 152 Å². The molecule has 1 atom stereocenters. The summed E-state index contributed by atoms with van der Waals surface area (Å²) in [5.41, 5.74) is 6.73. The molecule has 1 aromatic heterocycles. The van der Waals surface area contributed by atoms with E-state index in [0.29, 0.717) is 27.6 Å². The molecule has 1 unspecified atom stereocenters. The van der Waals surface area contributed by atoms with Crippen LogP contribution in [0.15, 0.2) is 112 Å². The van der Waals surface area contributed by atoms with Gasteiger partial charge in [-0.25, -0.2) is 4.90 Å². The van der Waals surface area contributed by atoms with Crippen molar-refractivity contribution in [2.75, 3.05) is 10.2 Å². The van der Waals surface area contributed by atoms with E-state index in [1.54, 1.807) is 66.7 Å². The molecule has 11 heteroatoms. The van der Waals surface area contributed by atoms with Crippen molar-refractivity contribution in [2.24, 2.45) is 5.73 Å². The van der Waals surface area contributed by atoms with Crippen molar-refractivity contribution in [3.63, 3.8) is 0 Å². The first-order chi connectivity index (χ1) is 20.3. The molecule has 0 aliphatic carbocycles. The van der Waals surface area contributed by atoms with Gasteiger partial charge < -0.3 is 20.8 Å². The number of anilines is 2. The fourth-order valence-corrected chi connectivity index (χ4v) is 5.23. The van der Waals surface area contributed by atoms with E-state index in [9.17, 15) is 24.0 Å². The molecule has 0 saturated carbocycles. The Labute approximate surface area is 244 Å². The minimum Gasteiger partial charge on any atom is -0.465 e. The number of furan rings is 1. The first kappa shape index (κ1) is 28.1. The highest BCUT2D eigenvalue weighted by Gasteiger charge is 2.40. The average molecular weight is 581 g/mol. The molecule has 3 aromatic carbocycles. The number of nitrogens with zero attached hydrogens (tertiary/aromatic N) is 1. The van der Waals surface area contributed by atoms with Gasteiger partial charge in [-0.2, -0.15) is 0 Å². The SMILES string of the molecule is NC(=O)c1ccc(N2C(=O)CC(Sc3ccc(NC(=O)/C(=C/c4ccco4)NC(=O)c4ccccc4)cc3)C2=O)cc1. The molecule has 5 amide bonds. The van der Waals surface area contributed by atoms with Crippen molar-refractivity contribution in [1.29, 1.82) is 0 Å².